The number of alkyl halides is 3. The first-order chi connectivity index (χ1) is 13.7. The number of nitrogens with one attached hydrogen (secondary N) is 3. The predicted octanol–water partition coefficient (Wildman–Crippen LogP) is -6.05. The van der Waals surface area contributed by atoms with Gasteiger partial charge in [-0.05, 0) is 0 Å². The lowest BCUT2D eigenvalue weighted by atomic mass is 9.97. The second-order valence-electron chi connectivity index (χ2n) is 5.59. The minimum atomic E-state index is -5.19. The van der Waals surface area contributed by atoms with E-state index in [-0.39, 0.29) is 19.0 Å². The summed E-state index contributed by atoms with van der Waals surface area (Å²) in [7, 11) is 0. The molecule has 1 rings (SSSR count). The Morgan fingerprint density at radius 1 is 1.30 bits per heavy atom. The Kier molecular flexibility index (Phi) is 10.1. The molecule has 0 aliphatic carbocycles. The Morgan fingerprint density at radius 2 is 1.83 bits per heavy atom. The van der Waals surface area contributed by atoms with Crippen LogP contribution in [0.5, 0.6) is 0 Å². The van der Waals surface area contributed by atoms with Crippen LogP contribution in [0.2, 0.25) is 0 Å². The van der Waals surface area contributed by atoms with E-state index in [2.05, 4.69) is 15.6 Å². The zero-order chi connectivity index (χ0) is 23.6. The van der Waals surface area contributed by atoms with Gasteiger partial charge in [0.05, 0.1) is 0 Å². The zero-order valence-electron chi connectivity index (χ0n) is 15.5. The van der Waals surface area contributed by atoms with E-state index in [0.29, 0.717) is 0 Å². The summed E-state index contributed by atoms with van der Waals surface area (Å²) >= 11 is 0. The normalized spacial score (nSPS) is 20.3. The van der Waals surface area contributed by atoms with E-state index in [1.165, 1.54) is 13.0 Å². The number of nitrogens with two attached hydrogens (primary N) is 3. The maximum atomic E-state index is 12.2. The van der Waals surface area contributed by atoms with Gasteiger partial charge in [-0.15, -0.1) is 0 Å². The third-order valence-corrected chi connectivity index (χ3v) is 3.15. The molecule has 0 spiro atoms. The molecule has 0 fully saturated rings. The fourth-order valence-electron chi connectivity index (χ4n) is 2.06. The van der Waals surface area contributed by atoms with Crippen molar-refractivity contribution in [2.75, 3.05) is 13.1 Å². The summed E-state index contributed by atoms with van der Waals surface area (Å²) in [6.45, 7) is 1.61. The first-order valence-corrected chi connectivity index (χ1v) is 7.99. The largest absolute Gasteiger partial charge is 0.542 e. The van der Waals surface area contributed by atoms with Crippen LogP contribution in [-0.4, -0.2) is 72.3 Å². The quantitative estimate of drug-likeness (QED) is 0.152. The van der Waals surface area contributed by atoms with E-state index in [4.69, 9.17) is 36.9 Å². The van der Waals surface area contributed by atoms with Crippen molar-refractivity contribution in [1.29, 1.82) is 0 Å². The number of guanidine groups is 1. The maximum absolute atomic E-state index is 12.2. The molecule has 30 heavy (non-hydrogen) atoms. The molecule has 16 heteroatoms. The second kappa shape index (κ2) is 11.4. The summed E-state index contributed by atoms with van der Waals surface area (Å²) in [6, 6.07) is -1.77. The van der Waals surface area contributed by atoms with E-state index in [0.717, 1.165) is 0 Å². The number of ether oxygens (including phenoxy) is 1. The van der Waals surface area contributed by atoms with Gasteiger partial charge in [0.2, 0.25) is 17.8 Å². The van der Waals surface area contributed by atoms with Gasteiger partial charge in [0.25, 0.3) is 5.91 Å². The molecule has 0 saturated carbocycles. The molecule has 0 aromatic rings. The molecule has 170 valence electrons. The monoisotopic (exact) mass is 442 g/mol. The summed E-state index contributed by atoms with van der Waals surface area (Å²) in [6.07, 6.45) is -5.31. The van der Waals surface area contributed by atoms with Gasteiger partial charge in [-0.25, -0.2) is 4.79 Å². The Labute approximate surface area is 167 Å². The SMILES string of the molecule is CC(=O)N[C@@H]1[C@@H]([NH+]=C(N)N)C=C(C(=O)O)O[C@H]1C(=O)NCCN.O=C([O-])C(F)(F)F. The van der Waals surface area contributed by atoms with Crippen molar-refractivity contribution in [3.05, 3.63) is 11.8 Å². The fraction of sp³-hybridized carbons (Fsp3) is 0.500. The van der Waals surface area contributed by atoms with E-state index < -0.39 is 53.9 Å². The van der Waals surface area contributed by atoms with Crippen molar-refractivity contribution < 1.29 is 52.3 Å². The lowest BCUT2D eigenvalue weighted by Crippen LogP contribution is -2.89. The number of amides is 2. The summed E-state index contributed by atoms with van der Waals surface area (Å²) < 4.78 is 36.7. The minimum Gasteiger partial charge on any atom is -0.542 e. The molecule has 0 aromatic carbocycles. The van der Waals surface area contributed by atoms with E-state index in [9.17, 15) is 27.6 Å². The van der Waals surface area contributed by atoms with Gasteiger partial charge in [-0.1, -0.05) is 0 Å². The topological polar surface area (TPSA) is 237 Å². The van der Waals surface area contributed by atoms with Crippen molar-refractivity contribution in [3.8, 4) is 0 Å². The number of carboxylic acid groups (broad SMARTS) is 2. The van der Waals surface area contributed by atoms with Gasteiger partial charge in [0, 0.05) is 26.1 Å². The maximum Gasteiger partial charge on any atom is 0.430 e. The third kappa shape index (κ3) is 9.09. The van der Waals surface area contributed by atoms with Gasteiger partial charge >= 0.3 is 18.1 Å². The van der Waals surface area contributed by atoms with Crippen LogP contribution in [-0.2, 0) is 23.9 Å². The van der Waals surface area contributed by atoms with E-state index in [1.54, 1.807) is 0 Å². The van der Waals surface area contributed by atoms with Crippen LogP contribution in [0.3, 0.4) is 0 Å². The molecule has 10 N–H and O–H groups in total. The number of carbonyl (C=O) groups is 4. The minimum absolute atomic E-state index is 0.168. The molecule has 0 aromatic heterocycles. The summed E-state index contributed by atoms with van der Waals surface area (Å²) in [5.41, 5.74) is 16.1. The average molecular weight is 442 g/mol. The highest BCUT2D eigenvalue weighted by atomic mass is 19.4. The average Bonchev–Trinajstić information content (AvgIpc) is 2.59. The Hall–Kier alpha value is -3.56. The first-order valence-electron chi connectivity index (χ1n) is 7.99. The number of hydrogen-bond acceptors (Lipinski definition) is 7. The van der Waals surface area contributed by atoms with Gasteiger partial charge in [0.1, 0.15) is 18.1 Å². The Morgan fingerprint density at radius 3 is 2.20 bits per heavy atom. The number of carbonyl (C=O) groups excluding carboxylic acids is 3. The molecule has 0 unspecified atom stereocenters. The molecule has 0 radical (unpaired) electrons. The number of halogens is 3. The number of carboxylic acids is 2. The second-order valence-corrected chi connectivity index (χ2v) is 5.59. The van der Waals surface area contributed by atoms with Crippen LogP contribution in [0.15, 0.2) is 11.8 Å². The first kappa shape index (κ1) is 26.4. The molecule has 1 heterocycles. The van der Waals surface area contributed by atoms with Crippen molar-refractivity contribution in [3.63, 3.8) is 0 Å². The van der Waals surface area contributed by atoms with Crippen LogP contribution in [0.25, 0.3) is 0 Å². The fourth-order valence-corrected chi connectivity index (χ4v) is 2.06. The molecule has 13 nitrogen and oxygen atoms in total. The van der Waals surface area contributed by atoms with Crippen LogP contribution in [0, 0.1) is 0 Å². The van der Waals surface area contributed by atoms with E-state index in [1.807, 2.05) is 0 Å². The molecular formula is C14H21F3N6O7. The highest BCUT2D eigenvalue weighted by Crippen LogP contribution is 2.17. The van der Waals surface area contributed by atoms with E-state index >= 15 is 0 Å². The molecule has 2 amide bonds. The van der Waals surface area contributed by atoms with Crippen molar-refractivity contribution in [2.45, 2.75) is 31.3 Å². The lowest BCUT2D eigenvalue weighted by molar-refractivity contribution is -0.499. The van der Waals surface area contributed by atoms with Crippen LogP contribution in [0.4, 0.5) is 13.2 Å². The third-order valence-electron chi connectivity index (χ3n) is 3.15. The summed E-state index contributed by atoms with van der Waals surface area (Å²) in [5, 5.41) is 22.9. The van der Waals surface area contributed by atoms with Crippen molar-refractivity contribution in [1.82, 2.24) is 10.6 Å². The van der Waals surface area contributed by atoms with Gasteiger partial charge in [0.15, 0.2) is 0 Å². The predicted molar refractivity (Wildman–Crippen MR) is 89.5 cm³/mol. The Balaban J connectivity index is 0.00000103. The number of hydrogen-bond donors (Lipinski definition) is 7. The van der Waals surface area contributed by atoms with Crippen LogP contribution < -0.4 is 37.9 Å². The van der Waals surface area contributed by atoms with Crippen LogP contribution >= 0.6 is 0 Å². The van der Waals surface area contributed by atoms with Crippen LogP contribution in [0.1, 0.15) is 6.92 Å². The van der Waals surface area contributed by atoms with Crippen molar-refractivity contribution >= 4 is 29.7 Å². The summed E-state index contributed by atoms with van der Waals surface area (Å²) in [4.78, 5) is 46.1. The molecule has 1 aliphatic heterocycles. The van der Waals surface area contributed by atoms with Gasteiger partial charge < -0.3 is 36.1 Å². The highest BCUT2D eigenvalue weighted by molar-refractivity contribution is 5.88. The standard InChI is InChI=1S/C12H20N6O5.C2HF3O2/c1-5(19)17-8-6(18-12(14)15)4-7(11(21)22)23-9(8)10(20)16-3-2-13;3-2(4,5)1(6)7/h4,6,8-9H,2-3,13H2,1H3,(H,16,20)(H,17,19)(H,21,22)(H4,14,15,18);(H,6,7)/t6-,8+,9+;/m0./s1. The molecule has 1 aliphatic rings. The smallest absolute Gasteiger partial charge is 0.430 e. The highest BCUT2D eigenvalue weighted by Gasteiger charge is 2.42. The number of aliphatic carboxylic acids is 2. The van der Waals surface area contributed by atoms with Gasteiger partial charge in [-0.2, -0.15) is 13.2 Å². The molecule has 3 atom stereocenters. The number of rotatable bonds is 6. The van der Waals surface area contributed by atoms with Gasteiger partial charge in [-0.3, -0.25) is 26.0 Å². The summed E-state index contributed by atoms with van der Waals surface area (Å²) in [5.74, 6) is -6.10. The molecule has 0 saturated heterocycles. The molecule has 0 bridgehead atoms. The molecular weight excluding hydrogens is 421 g/mol. The van der Waals surface area contributed by atoms with Crippen molar-refractivity contribution in [2.24, 2.45) is 17.2 Å². The Bertz CT molecular complexity index is 721. The zero-order valence-corrected chi connectivity index (χ0v) is 15.5. The lowest BCUT2D eigenvalue weighted by Gasteiger charge is -2.33.